The fraction of sp³-hybridized carbons (Fsp3) is 0.152. The number of pyridine rings is 2. The van der Waals surface area contributed by atoms with Gasteiger partial charge in [0.15, 0.2) is 22.8 Å². The van der Waals surface area contributed by atoms with E-state index in [4.69, 9.17) is 18.3 Å². The highest BCUT2D eigenvalue weighted by atomic mass is 16.5. The van der Waals surface area contributed by atoms with Gasteiger partial charge in [-0.25, -0.2) is 19.9 Å². The number of H-pyrrole nitrogens is 2. The summed E-state index contributed by atoms with van der Waals surface area (Å²) in [6, 6.07) is 15.6. The van der Waals surface area contributed by atoms with E-state index in [9.17, 15) is 0 Å². The molecule has 0 atom stereocenters. The fourth-order valence-corrected chi connectivity index (χ4v) is 4.80. The number of furan rings is 2. The van der Waals surface area contributed by atoms with Crippen molar-refractivity contribution in [2.45, 2.75) is 26.9 Å². The fourth-order valence-electron chi connectivity index (χ4n) is 4.80. The zero-order chi connectivity index (χ0) is 32.2. The van der Waals surface area contributed by atoms with Gasteiger partial charge in [-0.1, -0.05) is 0 Å². The summed E-state index contributed by atoms with van der Waals surface area (Å²) in [7, 11) is 0. The van der Waals surface area contributed by atoms with E-state index in [1.54, 1.807) is 37.3 Å². The van der Waals surface area contributed by atoms with Crippen molar-refractivity contribution in [2.24, 2.45) is 0 Å². The van der Waals surface area contributed by atoms with E-state index in [1.165, 1.54) is 0 Å². The van der Waals surface area contributed by atoms with E-state index in [0.717, 1.165) is 21.9 Å². The predicted molar refractivity (Wildman–Crippen MR) is 172 cm³/mol. The second kappa shape index (κ2) is 12.9. The second-order valence-corrected chi connectivity index (χ2v) is 10.4. The van der Waals surface area contributed by atoms with Gasteiger partial charge in [0.1, 0.15) is 11.4 Å². The van der Waals surface area contributed by atoms with Crippen LogP contribution in [0, 0.1) is 0 Å². The number of aromatic nitrogens is 10. The van der Waals surface area contributed by atoms with Gasteiger partial charge in [0, 0.05) is 34.3 Å². The molecule has 8 rings (SSSR count). The first-order valence-electron chi connectivity index (χ1n) is 14.8. The molecule has 0 unspecified atom stereocenters. The first-order chi connectivity index (χ1) is 23.1. The Balaban J connectivity index is 0.000000150. The van der Waals surface area contributed by atoms with Crippen molar-refractivity contribution in [3.05, 3.63) is 85.8 Å². The van der Waals surface area contributed by atoms with Crippen LogP contribution in [-0.2, 0) is 0 Å². The van der Waals surface area contributed by atoms with Gasteiger partial charge in [0.25, 0.3) is 0 Å². The molecular formula is C33H28N10O4. The van der Waals surface area contributed by atoms with Gasteiger partial charge in [-0.05, 0) is 69.3 Å². The van der Waals surface area contributed by atoms with Crippen molar-refractivity contribution >= 4 is 22.1 Å². The maximum atomic E-state index is 5.59. The lowest BCUT2D eigenvalue weighted by molar-refractivity contribution is 0.222. The molecule has 0 aliphatic heterocycles. The van der Waals surface area contributed by atoms with E-state index < -0.39 is 0 Å². The molecule has 0 amide bonds. The zero-order valence-corrected chi connectivity index (χ0v) is 25.6. The summed E-state index contributed by atoms with van der Waals surface area (Å²) >= 11 is 0. The Labute approximate surface area is 267 Å². The third-order valence-electron chi connectivity index (χ3n) is 6.79. The van der Waals surface area contributed by atoms with Crippen molar-refractivity contribution in [2.75, 3.05) is 6.61 Å². The lowest BCUT2D eigenvalue weighted by Gasteiger charge is -2.10. The summed E-state index contributed by atoms with van der Waals surface area (Å²) < 4.78 is 22.0. The van der Waals surface area contributed by atoms with Gasteiger partial charge in [-0.2, -0.15) is 20.2 Å². The minimum Gasteiger partial charge on any atom is -0.464 e. The number of aromatic amines is 2. The molecular weight excluding hydrogens is 600 g/mol. The number of nitrogens with one attached hydrogen (secondary N) is 2. The van der Waals surface area contributed by atoms with Gasteiger partial charge >= 0.3 is 12.0 Å². The highest BCUT2D eigenvalue weighted by molar-refractivity contribution is 5.88. The largest absolute Gasteiger partial charge is 0.464 e. The van der Waals surface area contributed by atoms with Crippen molar-refractivity contribution in [1.82, 2.24) is 50.3 Å². The van der Waals surface area contributed by atoms with Crippen LogP contribution in [0.1, 0.15) is 20.8 Å². The molecule has 234 valence electrons. The Hall–Kier alpha value is -6.44. The standard InChI is InChI=1S/C17H15N5O2.C16H13N5O2/c1-10(2)24-17-18-6-5-13(20-17)12-8-11-9-19-22-16(11)21-15(12)14-4-3-7-23-14;1-2-22-16-17-6-5-12(19-16)11-8-10-9-18-21-15(10)20-14(11)13-4-3-7-23-13/h3-10H,1-2H3,(H,19,21,22);3-9H,2H2,1H3,(H,18,20,21). The van der Waals surface area contributed by atoms with Crippen LogP contribution in [0.25, 0.3) is 67.5 Å². The van der Waals surface area contributed by atoms with Crippen molar-refractivity contribution < 1.29 is 18.3 Å². The first kappa shape index (κ1) is 29.3. The number of nitrogens with zero attached hydrogens (tertiary/aromatic N) is 8. The van der Waals surface area contributed by atoms with E-state index >= 15 is 0 Å². The van der Waals surface area contributed by atoms with Crippen molar-refractivity contribution in [1.29, 1.82) is 0 Å². The summed E-state index contributed by atoms with van der Waals surface area (Å²) in [5.41, 5.74) is 5.84. The molecule has 0 spiro atoms. The quantitative estimate of drug-likeness (QED) is 0.186. The number of rotatable bonds is 8. The van der Waals surface area contributed by atoms with Crippen LogP contribution in [0.3, 0.4) is 0 Å². The Morgan fingerprint density at radius 1 is 0.702 bits per heavy atom. The highest BCUT2D eigenvalue weighted by Crippen LogP contribution is 2.34. The molecule has 8 aromatic rings. The number of ether oxygens (including phenoxy) is 2. The van der Waals surface area contributed by atoms with Crippen LogP contribution in [0.15, 0.2) is 94.7 Å². The molecule has 0 aromatic carbocycles. The number of fused-ring (bicyclic) bond motifs is 2. The van der Waals surface area contributed by atoms with Gasteiger partial charge < -0.3 is 18.3 Å². The van der Waals surface area contributed by atoms with Gasteiger partial charge in [-0.3, -0.25) is 10.2 Å². The predicted octanol–water partition coefficient (Wildman–Crippen LogP) is 6.54. The second-order valence-electron chi connectivity index (χ2n) is 10.4. The van der Waals surface area contributed by atoms with E-state index in [0.29, 0.717) is 64.2 Å². The van der Waals surface area contributed by atoms with Crippen LogP contribution in [0.5, 0.6) is 12.0 Å². The third kappa shape index (κ3) is 6.24. The average Bonchev–Trinajstić information content (AvgIpc) is 3.91. The van der Waals surface area contributed by atoms with Crippen molar-refractivity contribution in [3.63, 3.8) is 0 Å². The molecule has 0 saturated heterocycles. The van der Waals surface area contributed by atoms with Crippen LogP contribution in [-0.4, -0.2) is 63.0 Å². The molecule has 47 heavy (non-hydrogen) atoms. The minimum absolute atomic E-state index is 0.000673. The topological polar surface area (TPSA) is 179 Å². The lowest BCUT2D eigenvalue weighted by Crippen LogP contribution is -2.08. The van der Waals surface area contributed by atoms with Gasteiger partial charge in [-0.15, -0.1) is 0 Å². The Bertz CT molecular complexity index is 2240. The van der Waals surface area contributed by atoms with Crippen LogP contribution >= 0.6 is 0 Å². The van der Waals surface area contributed by atoms with Crippen molar-refractivity contribution in [3.8, 4) is 57.4 Å². The zero-order valence-electron chi connectivity index (χ0n) is 25.6. The maximum absolute atomic E-state index is 5.59. The number of hydrogen-bond donors (Lipinski definition) is 2. The molecule has 14 nitrogen and oxygen atoms in total. The molecule has 8 heterocycles. The summed E-state index contributed by atoms with van der Waals surface area (Å²) in [6.07, 6.45) is 10.0. The average molecular weight is 629 g/mol. The number of hydrogen-bond acceptors (Lipinski definition) is 12. The molecule has 0 saturated carbocycles. The molecule has 0 fully saturated rings. The summed E-state index contributed by atoms with van der Waals surface area (Å²) in [6.45, 7) is 6.27. The normalized spacial score (nSPS) is 11.1. The molecule has 0 aliphatic carbocycles. The smallest absolute Gasteiger partial charge is 0.317 e. The molecule has 8 aromatic heterocycles. The summed E-state index contributed by atoms with van der Waals surface area (Å²) in [4.78, 5) is 26.5. The lowest BCUT2D eigenvalue weighted by atomic mass is 10.1. The van der Waals surface area contributed by atoms with Gasteiger partial charge in [0.05, 0.1) is 49.0 Å². The van der Waals surface area contributed by atoms with Gasteiger partial charge in [0.2, 0.25) is 0 Å². The maximum Gasteiger partial charge on any atom is 0.317 e. The third-order valence-corrected chi connectivity index (χ3v) is 6.79. The molecule has 0 bridgehead atoms. The van der Waals surface area contributed by atoms with E-state index in [1.807, 2.05) is 69.3 Å². The molecule has 14 heteroatoms. The molecule has 0 aliphatic rings. The first-order valence-corrected chi connectivity index (χ1v) is 14.8. The highest BCUT2D eigenvalue weighted by Gasteiger charge is 2.18. The summed E-state index contributed by atoms with van der Waals surface area (Å²) in [5.74, 6) is 1.32. The molecule has 2 N–H and O–H groups in total. The Kier molecular flexibility index (Phi) is 8.03. The Morgan fingerprint density at radius 2 is 1.23 bits per heavy atom. The SMILES string of the molecule is CC(C)Oc1nccc(-c2cc3cn[nH]c3nc2-c2ccco2)n1.CCOc1nccc(-c2cc3cn[nH]c3nc2-c2ccco2)n1. The summed E-state index contributed by atoms with van der Waals surface area (Å²) in [5, 5.41) is 15.6. The monoisotopic (exact) mass is 628 g/mol. The van der Waals surface area contributed by atoms with Crippen LogP contribution < -0.4 is 9.47 Å². The van der Waals surface area contributed by atoms with Crippen LogP contribution in [0.4, 0.5) is 0 Å². The minimum atomic E-state index is -0.000673. The Morgan fingerprint density at radius 3 is 1.72 bits per heavy atom. The molecule has 0 radical (unpaired) electrons. The van der Waals surface area contributed by atoms with E-state index in [2.05, 4.69) is 50.3 Å². The van der Waals surface area contributed by atoms with Crippen LogP contribution in [0.2, 0.25) is 0 Å². The van der Waals surface area contributed by atoms with E-state index in [-0.39, 0.29) is 6.10 Å².